The molecule has 3 rings (SSSR count). The zero-order chi connectivity index (χ0) is 17.3. The summed E-state index contributed by atoms with van der Waals surface area (Å²) in [6, 6.07) is 12.0. The van der Waals surface area contributed by atoms with Crippen LogP contribution in [0.1, 0.15) is 36.1 Å². The molecule has 0 saturated carbocycles. The van der Waals surface area contributed by atoms with Gasteiger partial charge in [0.25, 0.3) is 0 Å². The van der Waals surface area contributed by atoms with E-state index in [4.69, 9.17) is 4.98 Å². The molecule has 0 bridgehead atoms. The smallest absolute Gasteiger partial charge is 0.139 e. The molecule has 0 N–H and O–H groups in total. The summed E-state index contributed by atoms with van der Waals surface area (Å²) in [4.78, 5) is 28.1. The van der Waals surface area contributed by atoms with Crippen molar-refractivity contribution >= 4 is 17.7 Å². The number of benzene rings is 1. The third-order valence-electron chi connectivity index (χ3n) is 4.28. The number of carbonyl (C=O) groups excluding carboxylic acids is 2. The highest BCUT2D eigenvalue weighted by molar-refractivity contribution is 5.88. The van der Waals surface area contributed by atoms with Gasteiger partial charge in [-0.1, -0.05) is 35.9 Å². The number of fused-ring (bicyclic) bond motifs is 1. The molecule has 0 fully saturated rings. The number of carbonyl (C=O) groups is 2. The molecule has 0 amide bonds. The fraction of sp³-hybridized carbons (Fsp3) is 0.250. The molecule has 0 aliphatic heterocycles. The van der Waals surface area contributed by atoms with Gasteiger partial charge in [-0.2, -0.15) is 0 Å². The molecule has 1 atom stereocenters. The van der Waals surface area contributed by atoms with Gasteiger partial charge < -0.3 is 9.20 Å². The van der Waals surface area contributed by atoms with Crippen molar-refractivity contribution in [2.75, 3.05) is 0 Å². The van der Waals surface area contributed by atoms with Gasteiger partial charge in [0.15, 0.2) is 0 Å². The van der Waals surface area contributed by atoms with E-state index < -0.39 is 5.92 Å². The third kappa shape index (κ3) is 2.87. The van der Waals surface area contributed by atoms with Gasteiger partial charge >= 0.3 is 0 Å². The van der Waals surface area contributed by atoms with Crippen LogP contribution < -0.4 is 0 Å². The third-order valence-corrected chi connectivity index (χ3v) is 4.28. The van der Waals surface area contributed by atoms with E-state index in [2.05, 4.69) is 0 Å². The van der Waals surface area contributed by atoms with Gasteiger partial charge in [0.05, 0.1) is 17.3 Å². The Morgan fingerprint density at radius 3 is 2.42 bits per heavy atom. The minimum absolute atomic E-state index is 0.0289. The quantitative estimate of drug-likeness (QED) is 0.670. The number of pyridine rings is 1. The zero-order valence-electron chi connectivity index (χ0n) is 14.1. The second kappa shape index (κ2) is 6.40. The number of Topliss-reactive ketones (excluding diaryl/α,β-unsaturated/α-hetero) is 1. The van der Waals surface area contributed by atoms with Crippen LogP contribution in [0.5, 0.6) is 0 Å². The van der Waals surface area contributed by atoms with Gasteiger partial charge in [0, 0.05) is 18.2 Å². The second-order valence-corrected chi connectivity index (χ2v) is 6.21. The van der Waals surface area contributed by atoms with Gasteiger partial charge in [-0.3, -0.25) is 4.79 Å². The minimum atomic E-state index is -0.490. The minimum Gasteiger partial charge on any atom is -0.303 e. The second-order valence-electron chi connectivity index (χ2n) is 6.21. The van der Waals surface area contributed by atoms with E-state index in [0.29, 0.717) is 0 Å². The normalized spacial score (nSPS) is 12.3. The van der Waals surface area contributed by atoms with E-state index in [9.17, 15) is 9.59 Å². The molecule has 0 saturated heterocycles. The Labute approximate surface area is 141 Å². The number of hydrogen-bond acceptors (Lipinski definition) is 3. The van der Waals surface area contributed by atoms with Crippen molar-refractivity contribution in [3.8, 4) is 11.3 Å². The summed E-state index contributed by atoms with van der Waals surface area (Å²) in [7, 11) is 0. The van der Waals surface area contributed by atoms with Crippen molar-refractivity contribution in [2.45, 2.75) is 33.1 Å². The number of ketones is 1. The Kier molecular flexibility index (Phi) is 4.30. The molecule has 0 spiro atoms. The highest BCUT2D eigenvalue weighted by Crippen LogP contribution is 2.32. The van der Waals surface area contributed by atoms with Crippen LogP contribution in [-0.4, -0.2) is 21.5 Å². The SMILES string of the molecule is CC(=O)C(CC=O)c1c(-c2ccc(C)cc2)nc2ccc(C)cn12. The summed E-state index contributed by atoms with van der Waals surface area (Å²) in [6.45, 7) is 5.56. The number of rotatable bonds is 5. The van der Waals surface area contributed by atoms with E-state index in [0.717, 1.165) is 40.0 Å². The van der Waals surface area contributed by atoms with Gasteiger partial charge in [0.2, 0.25) is 0 Å². The molecular weight excluding hydrogens is 300 g/mol. The highest BCUT2D eigenvalue weighted by atomic mass is 16.1. The van der Waals surface area contributed by atoms with Gasteiger partial charge in [-0.05, 0) is 32.4 Å². The average molecular weight is 320 g/mol. The first-order valence-corrected chi connectivity index (χ1v) is 8.01. The first-order valence-electron chi connectivity index (χ1n) is 8.01. The summed E-state index contributed by atoms with van der Waals surface area (Å²) in [5.41, 5.74) is 5.53. The van der Waals surface area contributed by atoms with Crippen LogP contribution in [0.25, 0.3) is 16.9 Å². The molecule has 0 radical (unpaired) electrons. The van der Waals surface area contributed by atoms with E-state index in [1.54, 1.807) is 0 Å². The first-order chi connectivity index (χ1) is 11.5. The first kappa shape index (κ1) is 16.1. The molecule has 2 aromatic heterocycles. The lowest BCUT2D eigenvalue weighted by molar-refractivity contribution is -0.120. The maximum Gasteiger partial charge on any atom is 0.139 e. The van der Waals surface area contributed by atoms with E-state index in [1.165, 1.54) is 6.92 Å². The van der Waals surface area contributed by atoms with Gasteiger partial charge in [0.1, 0.15) is 17.7 Å². The van der Waals surface area contributed by atoms with Crippen LogP contribution in [0.2, 0.25) is 0 Å². The van der Waals surface area contributed by atoms with Crippen molar-refractivity contribution in [3.05, 3.63) is 59.4 Å². The number of aromatic nitrogens is 2. The van der Waals surface area contributed by atoms with Crippen LogP contribution in [0, 0.1) is 13.8 Å². The summed E-state index contributed by atoms with van der Waals surface area (Å²) in [6.07, 6.45) is 2.94. The molecule has 0 aliphatic rings. The Morgan fingerprint density at radius 1 is 1.12 bits per heavy atom. The van der Waals surface area contributed by atoms with Crippen LogP contribution in [0.15, 0.2) is 42.6 Å². The summed E-state index contributed by atoms with van der Waals surface area (Å²) >= 11 is 0. The fourth-order valence-electron chi connectivity index (χ4n) is 2.99. The standard InChI is InChI=1S/C20H20N2O2/c1-13-4-7-16(8-5-13)19-20(17(10-11-23)15(3)24)22-12-14(2)6-9-18(22)21-19/h4-9,11-12,17H,10H2,1-3H3. The monoisotopic (exact) mass is 320 g/mol. The number of nitrogens with zero attached hydrogens (tertiary/aromatic N) is 2. The lowest BCUT2D eigenvalue weighted by atomic mass is 9.93. The van der Waals surface area contributed by atoms with Crippen molar-refractivity contribution < 1.29 is 9.59 Å². The number of hydrogen-bond donors (Lipinski definition) is 0. The summed E-state index contributed by atoms with van der Waals surface area (Å²) in [5.74, 6) is -0.519. The van der Waals surface area contributed by atoms with E-state index in [1.807, 2.05) is 60.8 Å². The Balaban J connectivity index is 2.31. The Hall–Kier alpha value is -2.75. The molecule has 122 valence electrons. The lowest BCUT2D eigenvalue weighted by Crippen LogP contribution is -2.13. The number of aldehydes is 1. The van der Waals surface area contributed by atoms with E-state index in [-0.39, 0.29) is 12.2 Å². The topological polar surface area (TPSA) is 51.4 Å². The molecule has 0 aliphatic carbocycles. The zero-order valence-corrected chi connectivity index (χ0v) is 14.1. The fourth-order valence-corrected chi connectivity index (χ4v) is 2.99. The van der Waals surface area contributed by atoms with Gasteiger partial charge in [-0.15, -0.1) is 0 Å². The predicted molar refractivity (Wildman–Crippen MR) is 94.2 cm³/mol. The molecule has 4 nitrogen and oxygen atoms in total. The predicted octanol–water partition coefficient (Wildman–Crippen LogP) is 3.88. The molecular formula is C20H20N2O2. The largest absolute Gasteiger partial charge is 0.303 e. The average Bonchev–Trinajstić information content (AvgIpc) is 2.91. The van der Waals surface area contributed by atoms with Crippen LogP contribution in [0.4, 0.5) is 0 Å². The molecule has 3 aromatic rings. The lowest BCUT2D eigenvalue weighted by Gasteiger charge is -2.13. The number of aryl methyl sites for hydroxylation is 2. The molecule has 4 heteroatoms. The van der Waals surface area contributed by atoms with Crippen molar-refractivity contribution in [1.29, 1.82) is 0 Å². The maximum atomic E-state index is 12.2. The summed E-state index contributed by atoms with van der Waals surface area (Å²) in [5, 5.41) is 0. The molecule has 1 unspecified atom stereocenters. The van der Waals surface area contributed by atoms with Crippen LogP contribution >= 0.6 is 0 Å². The molecule has 1 aromatic carbocycles. The molecule has 24 heavy (non-hydrogen) atoms. The van der Waals surface area contributed by atoms with Crippen molar-refractivity contribution in [3.63, 3.8) is 0 Å². The summed E-state index contributed by atoms with van der Waals surface area (Å²) < 4.78 is 1.94. The Bertz CT molecular complexity index is 907. The Morgan fingerprint density at radius 2 is 1.79 bits per heavy atom. The maximum absolute atomic E-state index is 12.2. The highest BCUT2D eigenvalue weighted by Gasteiger charge is 2.25. The van der Waals surface area contributed by atoms with Crippen LogP contribution in [0.3, 0.4) is 0 Å². The molecule has 2 heterocycles. The van der Waals surface area contributed by atoms with Crippen molar-refractivity contribution in [2.24, 2.45) is 0 Å². The van der Waals surface area contributed by atoms with E-state index >= 15 is 0 Å². The van der Waals surface area contributed by atoms with Gasteiger partial charge in [-0.25, -0.2) is 4.98 Å². The van der Waals surface area contributed by atoms with Crippen LogP contribution in [-0.2, 0) is 9.59 Å². The number of imidazole rings is 1. The van der Waals surface area contributed by atoms with Crippen molar-refractivity contribution in [1.82, 2.24) is 9.38 Å².